The summed E-state index contributed by atoms with van der Waals surface area (Å²) in [6.45, 7) is 6.20. The molecule has 0 spiro atoms. The SMILES string of the molecule is CCOC(=O)c1oc(-c2ccccc2OCC)nc1C. The molecule has 106 valence electrons. The first-order valence-corrected chi connectivity index (χ1v) is 6.54. The molecule has 1 aromatic heterocycles. The fraction of sp³-hybridized carbons (Fsp3) is 0.333. The zero-order valence-electron chi connectivity index (χ0n) is 11.8. The molecule has 1 aromatic carbocycles. The Morgan fingerprint density at radius 2 is 2.00 bits per heavy atom. The quantitative estimate of drug-likeness (QED) is 0.784. The zero-order chi connectivity index (χ0) is 14.5. The van der Waals surface area contributed by atoms with Crippen molar-refractivity contribution in [3.63, 3.8) is 0 Å². The van der Waals surface area contributed by atoms with Gasteiger partial charge in [-0.25, -0.2) is 9.78 Å². The van der Waals surface area contributed by atoms with Crippen LogP contribution in [0.4, 0.5) is 0 Å². The standard InChI is InChI=1S/C15H17NO4/c1-4-18-12-9-7-6-8-11(12)14-16-10(3)13(20-14)15(17)19-5-2/h6-9H,4-5H2,1-3H3. The monoisotopic (exact) mass is 275 g/mol. The number of aryl methyl sites for hydroxylation is 1. The van der Waals surface area contributed by atoms with Crippen LogP contribution >= 0.6 is 0 Å². The number of ether oxygens (including phenoxy) is 2. The van der Waals surface area contributed by atoms with E-state index in [0.717, 1.165) is 0 Å². The largest absolute Gasteiger partial charge is 0.493 e. The maximum Gasteiger partial charge on any atom is 0.376 e. The van der Waals surface area contributed by atoms with E-state index in [9.17, 15) is 4.79 Å². The van der Waals surface area contributed by atoms with Crippen molar-refractivity contribution >= 4 is 5.97 Å². The maximum atomic E-state index is 11.7. The van der Waals surface area contributed by atoms with E-state index in [4.69, 9.17) is 13.9 Å². The van der Waals surface area contributed by atoms with Crippen LogP contribution in [0.15, 0.2) is 28.7 Å². The van der Waals surface area contributed by atoms with E-state index >= 15 is 0 Å². The highest BCUT2D eigenvalue weighted by molar-refractivity contribution is 5.88. The lowest BCUT2D eigenvalue weighted by molar-refractivity contribution is 0.0490. The minimum Gasteiger partial charge on any atom is -0.493 e. The lowest BCUT2D eigenvalue weighted by atomic mass is 10.2. The Labute approximate surface area is 117 Å². The van der Waals surface area contributed by atoms with Crippen molar-refractivity contribution in [3.8, 4) is 17.2 Å². The zero-order valence-corrected chi connectivity index (χ0v) is 11.8. The Hall–Kier alpha value is -2.30. The third kappa shape index (κ3) is 2.82. The summed E-state index contributed by atoms with van der Waals surface area (Å²) in [6, 6.07) is 7.41. The minimum atomic E-state index is -0.502. The summed E-state index contributed by atoms with van der Waals surface area (Å²) in [5.41, 5.74) is 1.22. The fourth-order valence-electron chi connectivity index (χ4n) is 1.82. The second-order valence-electron chi connectivity index (χ2n) is 4.08. The predicted octanol–water partition coefficient (Wildman–Crippen LogP) is 3.23. The van der Waals surface area contributed by atoms with Gasteiger partial charge < -0.3 is 13.9 Å². The molecule has 2 aromatic rings. The number of benzene rings is 1. The molecule has 0 bridgehead atoms. The molecule has 1 heterocycles. The number of rotatable bonds is 5. The van der Waals surface area contributed by atoms with Gasteiger partial charge in [0, 0.05) is 0 Å². The maximum absolute atomic E-state index is 11.7. The van der Waals surface area contributed by atoms with Crippen molar-refractivity contribution in [1.29, 1.82) is 0 Å². The van der Waals surface area contributed by atoms with Crippen molar-refractivity contribution < 1.29 is 18.7 Å². The van der Waals surface area contributed by atoms with Gasteiger partial charge in [0.1, 0.15) is 5.75 Å². The highest BCUT2D eigenvalue weighted by Crippen LogP contribution is 2.30. The molecule has 0 unspecified atom stereocenters. The van der Waals surface area contributed by atoms with Gasteiger partial charge in [-0.15, -0.1) is 0 Å². The summed E-state index contributed by atoms with van der Waals surface area (Å²) in [5, 5.41) is 0. The summed E-state index contributed by atoms with van der Waals surface area (Å²) >= 11 is 0. The Balaban J connectivity index is 2.39. The van der Waals surface area contributed by atoms with Crippen LogP contribution in [-0.4, -0.2) is 24.2 Å². The predicted molar refractivity (Wildman–Crippen MR) is 73.8 cm³/mol. The van der Waals surface area contributed by atoms with Gasteiger partial charge >= 0.3 is 5.97 Å². The lowest BCUT2D eigenvalue weighted by Crippen LogP contribution is -2.04. The van der Waals surface area contributed by atoms with E-state index in [2.05, 4.69) is 4.98 Å². The molecule has 0 radical (unpaired) electrons. The van der Waals surface area contributed by atoms with Gasteiger partial charge in [0.05, 0.1) is 24.5 Å². The number of esters is 1. The molecule has 5 nitrogen and oxygen atoms in total. The lowest BCUT2D eigenvalue weighted by Gasteiger charge is -2.06. The van der Waals surface area contributed by atoms with E-state index < -0.39 is 5.97 Å². The van der Waals surface area contributed by atoms with E-state index in [1.807, 2.05) is 31.2 Å². The van der Waals surface area contributed by atoms with Crippen molar-refractivity contribution in [3.05, 3.63) is 35.7 Å². The molecular formula is C15H17NO4. The number of oxazole rings is 1. The number of nitrogens with zero attached hydrogens (tertiary/aromatic N) is 1. The molecule has 5 heteroatoms. The Bertz CT molecular complexity index is 604. The van der Waals surface area contributed by atoms with Gasteiger partial charge in [0.2, 0.25) is 11.7 Å². The third-order valence-corrected chi connectivity index (χ3v) is 2.67. The van der Waals surface area contributed by atoms with Crippen LogP contribution < -0.4 is 4.74 Å². The molecule has 0 saturated heterocycles. The summed E-state index contributed by atoms with van der Waals surface area (Å²) in [5.74, 6) is 0.659. The molecule has 0 N–H and O–H groups in total. The minimum absolute atomic E-state index is 0.133. The molecular weight excluding hydrogens is 258 g/mol. The molecule has 0 aliphatic heterocycles. The number of hydrogen-bond donors (Lipinski definition) is 0. The number of para-hydroxylation sites is 1. The van der Waals surface area contributed by atoms with Crippen LogP contribution in [0.1, 0.15) is 30.1 Å². The van der Waals surface area contributed by atoms with Crippen LogP contribution in [0.2, 0.25) is 0 Å². The Kier molecular flexibility index (Phi) is 4.40. The summed E-state index contributed by atoms with van der Waals surface area (Å²) in [7, 11) is 0. The molecule has 0 aliphatic rings. The van der Waals surface area contributed by atoms with Gasteiger partial charge in [-0.3, -0.25) is 0 Å². The van der Waals surface area contributed by atoms with Gasteiger partial charge in [0.15, 0.2) is 0 Å². The van der Waals surface area contributed by atoms with E-state index in [-0.39, 0.29) is 5.76 Å². The van der Waals surface area contributed by atoms with E-state index in [1.165, 1.54) is 0 Å². The van der Waals surface area contributed by atoms with Crippen molar-refractivity contribution in [2.24, 2.45) is 0 Å². The summed E-state index contributed by atoms with van der Waals surface area (Å²) in [6.07, 6.45) is 0. The molecule has 0 fully saturated rings. The van der Waals surface area contributed by atoms with Gasteiger partial charge in [-0.1, -0.05) is 12.1 Å². The van der Waals surface area contributed by atoms with Crippen molar-refractivity contribution in [2.45, 2.75) is 20.8 Å². The third-order valence-electron chi connectivity index (χ3n) is 2.67. The Morgan fingerprint density at radius 3 is 2.70 bits per heavy atom. The van der Waals surface area contributed by atoms with Crippen LogP contribution in [0.5, 0.6) is 5.75 Å². The van der Waals surface area contributed by atoms with Crippen molar-refractivity contribution in [2.75, 3.05) is 13.2 Å². The van der Waals surface area contributed by atoms with Crippen molar-refractivity contribution in [1.82, 2.24) is 4.98 Å². The average Bonchev–Trinajstić information content (AvgIpc) is 2.82. The first-order valence-electron chi connectivity index (χ1n) is 6.54. The first kappa shape index (κ1) is 14.1. The number of carbonyl (C=O) groups excluding carboxylic acids is 1. The molecule has 0 aliphatic carbocycles. The second-order valence-corrected chi connectivity index (χ2v) is 4.08. The van der Waals surface area contributed by atoms with E-state index in [1.54, 1.807) is 13.8 Å². The fourth-order valence-corrected chi connectivity index (χ4v) is 1.82. The topological polar surface area (TPSA) is 61.6 Å². The smallest absolute Gasteiger partial charge is 0.376 e. The van der Waals surface area contributed by atoms with Crippen LogP contribution in [0.3, 0.4) is 0 Å². The number of hydrogen-bond acceptors (Lipinski definition) is 5. The van der Waals surface area contributed by atoms with Gasteiger partial charge in [-0.05, 0) is 32.9 Å². The van der Waals surface area contributed by atoms with E-state index in [0.29, 0.717) is 36.1 Å². The highest BCUT2D eigenvalue weighted by atomic mass is 16.5. The molecule has 0 saturated carbocycles. The summed E-state index contributed by atoms with van der Waals surface area (Å²) in [4.78, 5) is 16.0. The number of carbonyl (C=O) groups is 1. The van der Waals surface area contributed by atoms with Crippen LogP contribution in [-0.2, 0) is 4.74 Å². The summed E-state index contributed by atoms with van der Waals surface area (Å²) < 4.78 is 16.0. The second kappa shape index (κ2) is 6.23. The first-order chi connectivity index (χ1) is 9.67. The molecule has 2 rings (SSSR count). The van der Waals surface area contributed by atoms with Crippen LogP contribution in [0.25, 0.3) is 11.5 Å². The van der Waals surface area contributed by atoms with Gasteiger partial charge in [0.25, 0.3) is 0 Å². The molecule has 20 heavy (non-hydrogen) atoms. The molecule has 0 atom stereocenters. The normalized spacial score (nSPS) is 10.3. The number of aromatic nitrogens is 1. The Morgan fingerprint density at radius 1 is 1.25 bits per heavy atom. The molecule has 0 amide bonds. The van der Waals surface area contributed by atoms with Gasteiger partial charge in [-0.2, -0.15) is 0 Å². The highest BCUT2D eigenvalue weighted by Gasteiger charge is 2.20. The van der Waals surface area contributed by atoms with Crippen LogP contribution in [0, 0.1) is 6.92 Å². The average molecular weight is 275 g/mol.